The highest BCUT2D eigenvalue weighted by molar-refractivity contribution is 7.98. The minimum atomic E-state index is -4.57. The van der Waals surface area contributed by atoms with E-state index in [1.54, 1.807) is 18.2 Å². The number of benzene rings is 4. The second kappa shape index (κ2) is 12.7. The summed E-state index contributed by atoms with van der Waals surface area (Å²) in [5.74, 6) is -2.44. The zero-order valence-corrected chi connectivity index (χ0v) is 22.4. The molecule has 0 aliphatic carbocycles. The van der Waals surface area contributed by atoms with Crippen LogP contribution in [0.2, 0.25) is 0 Å². The molecule has 0 spiro atoms. The zero-order chi connectivity index (χ0) is 29.6. The van der Waals surface area contributed by atoms with E-state index >= 15 is 0 Å². The van der Waals surface area contributed by atoms with Crippen molar-refractivity contribution in [1.29, 1.82) is 0 Å². The standard InChI is InChI=1S/C31H25F3N2O4S/c1-20(35-28(37)23-11-14-25(15-12-23)31(32,33)34)29(38)36(26-16-13-22-9-5-6-10-24(22)17-26)27(30(39)40)19-41-18-21-7-3-2-4-8-21/h2-17,27H,1,18-19H2,(H,35,37)(H,39,40)/t27-/m0/s1. The molecule has 0 fully saturated rings. The number of carbonyl (C=O) groups excluding carboxylic acids is 2. The number of halogens is 3. The van der Waals surface area contributed by atoms with Crippen LogP contribution in [0.5, 0.6) is 0 Å². The molecule has 6 nitrogen and oxygen atoms in total. The third-order valence-corrected chi connectivity index (χ3v) is 7.30. The maximum atomic E-state index is 13.7. The largest absolute Gasteiger partial charge is 0.480 e. The Morgan fingerprint density at radius 1 is 0.878 bits per heavy atom. The lowest BCUT2D eigenvalue weighted by atomic mass is 10.1. The fourth-order valence-corrected chi connectivity index (χ4v) is 5.16. The molecule has 0 unspecified atom stereocenters. The molecule has 2 N–H and O–H groups in total. The van der Waals surface area contributed by atoms with Crippen LogP contribution >= 0.6 is 11.8 Å². The molecule has 210 valence electrons. The predicted molar refractivity (Wildman–Crippen MR) is 154 cm³/mol. The van der Waals surface area contributed by atoms with Gasteiger partial charge in [-0.25, -0.2) is 4.79 Å². The van der Waals surface area contributed by atoms with Gasteiger partial charge >= 0.3 is 12.1 Å². The summed E-state index contributed by atoms with van der Waals surface area (Å²) in [6.45, 7) is 3.65. The first-order chi connectivity index (χ1) is 19.5. The molecule has 0 aromatic heterocycles. The number of carboxylic acid groups (broad SMARTS) is 1. The van der Waals surface area contributed by atoms with Crippen molar-refractivity contribution >= 4 is 46.0 Å². The maximum absolute atomic E-state index is 13.7. The van der Waals surface area contributed by atoms with Gasteiger partial charge in [0.1, 0.15) is 11.7 Å². The highest BCUT2D eigenvalue weighted by Gasteiger charge is 2.34. The number of fused-ring (bicyclic) bond motifs is 1. The smallest absolute Gasteiger partial charge is 0.416 e. The van der Waals surface area contributed by atoms with Crippen LogP contribution in [-0.2, 0) is 21.5 Å². The summed E-state index contributed by atoms with van der Waals surface area (Å²) >= 11 is 1.33. The second-order valence-corrected chi connectivity index (χ2v) is 10.1. The average molecular weight is 579 g/mol. The van der Waals surface area contributed by atoms with Crippen LogP contribution in [0, 0.1) is 0 Å². The number of aliphatic carboxylic acids is 1. The van der Waals surface area contributed by atoms with E-state index in [2.05, 4.69) is 11.9 Å². The fraction of sp³-hybridized carbons (Fsp3) is 0.129. The van der Waals surface area contributed by atoms with Crippen molar-refractivity contribution in [1.82, 2.24) is 5.32 Å². The van der Waals surface area contributed by atoms with Gasteiger partial charge in [0.2, 0.25) is 0 Å². The normalized spacial score (nSPS) is 12.0. The van der Waals surface area contributed by atoms with E-state index in [4.69, 9.17) is 0 Å². The van der Waals surface area contributed by atoms with Gasteiger partial charge in [-0.3, -0.25) is 14.5 Å². The molecule has 10 heteroatoms. The fourth-order valence-electron chi connectivity index (χ4n) is 4.10. The molecule has 0 bridgehead atoms. The van der Waals surface area contributed by atoms with E-state index in [1.807, 2.05) is 54.6 Å². The van der Waals surface area contributed by atoms with Gasteiger partial charge in [0, 0.05) is 22.8 Å². The molecule has 0 aliphatic heterocycles. The Balaban J connectivity index is 1.60. The van der Waals surface area contributed by atoms with Gasteiger partial charge < -0.3 is 10.4 Å². The Morgan fingerprint density at radius 3 is 2.15 bits per heavy atom. The summed E-state index contributed by atoms with van der Waals surface area (Å²) in [6.07, 6.45) is -4.57. The van der Waals surface area contributed by atoms with Gasteiger partial charge in [-0.15, -0.1) is 0 Å². The Bertz CT molecular complexity index is 1570. The Morgan fingerprint density at radius 2 is 1.51 bits per heavy atom. The zero-order valence-electron chi connectivity index (χ0n) is 21.6. The highest BCUT2D eigenvalue weighted by atomic mass is 32.2. The number of hydrogen-bond acceptors (Lipinski definition) is 4. The lowest BCUT2D eigenvalue weighted by molar-refractivity contribution is -0.139. The predicted octanol–water partition coefficient (Wildman–Crippen LogP) is 6.52. The van der Waals surface area contributed by atoms with Crippen molar-refractivity contribution in [2.45, 2.75) is 18.0 Å². The minimum Gasteiger partial charge on any atom is -0.480 e. The van der Waals surface area contributed by atoms with Crippen LogP contribution in [0.3, 0.4) is 0 Å². The van der Waals surface area contributed by atoms with E-state index in [1.165, 1.54) is 11.8 Å². The van der Waals surface area contributed by atoms with E-state index in [0.29, 0.717) is 5.75 Å². The third kappa shape index (κ3) is 7.34. The Kier molecular flexibility index (Phi) is 9.14. The number of carbonyl (C=O) groups is 3. The molecule has 0 aliphatic rings. The Hall–Kier alpha value is -4.57. The lowest BCUT2D eigenvalue weighted by Gasteiger charge is -2.30. The van der Waals surface area contributed by atoms with E-state index in [-0.39, 0.29) is 17.0 Å². The van der Waals surface area contributed by atoms with Crippen LogP contribution < -0.4 is 10.2 Å². The number of thioether (sulfide) groups is 1. The van der Waals surface area contributed by atoms with E-state index in [0.717, 1.165) is 45.5 Å². The number of carboxylic acids is 1. The number of nitrogens with zero attached hydrogens (tertiary/aromatic N) is 1. The van der Waals surface area contributed by atoms with E-state index < -0.39 is 41.3 Å². The van der Waals surface area contributed by atoms with Gasteiger partial charge in [-0.05, 0) is 52.7 Å². The van der Waals surface area contributed by atoms with Crippen molar-refractivity contribution < 1.29 is 32.7 Å². The first kappa shape index (κ1) is 29.4. The molecule has 0 radical (unpaired) electrons. The number of nitrogens with one attached hydrogen (secondary N) is 1. The molecule has 0 saturated carbocycles. The van der Waals surface area contributed by atoms with Crippen molar-refractivity contribution in [3.63, 3.8) is 0 Å². The van der Waals surface area contributed by atoms with Crippen LogP contribution in [0.4, 0.5) is 18.9 Å². The lowest BCUT2D eigenvalue weighted by Crippen LogP contribution is -2.49. The summed E-state index contributed by atoms with van der Waals surface area (Å²) in [5, 5.41) is 14.1. The van der Waals surface area contributed by atoms with Crippen molar-refractivity contribution in [3.8, 4) is 0 Å². The Labute approximate surface area is 238 Å². The first-order valence-corrected chi connectivity index (χ1v) is 13.5. The molecule has 0 heterocycles. The van der Waals surface area contributed by atoms with Gasteiger partial charge in [0.25, 0.3) is 11.8 Å². The van der Waals surface area contributed by atoms with Gasteiger partial charge in [-0.1, -0.05) is 67.2 Å². The second-order valence-electron chi connectivity index (χ2n) is 9.07. The van der Waals surface area contributed by atoms with Crippen LogP contribution in [0.25, 0.3) is 10.8 Å². The molecule has 1 atom stereocenters. The first-order valence-electron chi connectivity index (χ1n) is 12.4. The van der Waals surface area contributed by atoms with Crippen LogP contribution in [0.15, 0.2) is 109 Å². The average Bonchev–Trinajstić information content (AvgIpc) is 2.96. The number of anilines is 1. The molecule has 41 heavy (non-hydrogen) atoms. The summed E-state index contributed by atoms with van der Waals surface area (Å²) < 4.78 is 38.7. The van der Waals surface area contributed by atoms with Gasteiger partial charge in [0.05, 0.1) is 5.56 Å². The van der Waals surface area contributed by atoms with Crippen LogP contribution in [-0.4, -0.2) is 34.7 Å². The monoisotopic (exact) mass is 578 g/mol. The maximum Gasteiger partial charge on any atom is 0.416 e. The molecular weight excluding hydrogens is 553 g/mol. The number of amides is 2. The van der Waals surface area contributed by atoms with E-state index in [9.17, 15) is 32.7 Å². The quantitative estimate of drug-likeness (QED) is 0.209. The molecule has 4 aromatic carbocycles. The highest BCUT2D eigenvalue weighted by Crippen LogP contribution is 2.30. The van der Waals surface area contributed by atoms with Crippen molar-refractivity contribution in [2.24, 2.45) is 0 Å². The van der Waals surface area contributed by atoms with Gasteiger partial charge in [-0.2, -0.15) is 24.9 Å². The molecule has 0 saturated heterocycles. The molecule has 2 amide bonds. The number of rotatable bonds is 10. The summed E-state index contributed by atoms with van der Waals surface area (Å²) in [7, 11) is 0. The third-order valence-electron chi connectivity index (χ3n) is 6.21. The topological polar surface area (TPSA) is 86.7 Å². The van der Waals surface area contributed by atoms with Crippen LogP contribution in [0.1, 0.15) is 21.5 Å². The SMILES string of the molecule is C=C(NC(=O)c1ccc(C(F)(F)F)cc1)C(=O)N(c1ccc2ccccc2c1)[C@@H](CSCc1ccccc1)C(=O)O. The minimum absolute atomic E-state index is 0.0307. The summed E-state index contributed by atoms with van der Waals surface area (Å²) in [6, 6.07) is 24.0. The van der Waals surface area contributed by atoms with Crippen molar-refractivity contribution in [2.75, 3.05) is 10.7 Å². The molecule has 4 rings (SSSR count). The number of hydrogen-bond donors (Lipinski definition) is 2. The molecular formula is C31H25F3N2O4S. The number of alkyl halides is 3. The molecule has 4 aromatic rings. The summed E-state index contributed by atoms with van der Waals surface area (Å²) in [5.41, 5.74) is -0.215. The summed E-state index contributed by atoms with van der Waals surface area (Å²) in [4.78, 5) is 40.0. The van der Waals surface area contributed by atoms with Gasteiger partial charge in [0.15, 0.2) is 0 Å². The van der Waals surface area contributed by atoms with Crippen molar-refractivity contribution in [3.05, 3.63) is 126 Å².